The fourth-order valence-corrected chi connectivity index (χ4v) is 1.52. The normalized spacial score (nSPS) is 11.4. The van der Waals surface area contributed by atoms with Crippen LogP contribution in [0.5, 0.6) is 5.75 Å². The number of hydrogen-bond donors (Lipinski definition) is 0. The monoisotopic (exact) mass is 272 g/mol. The van der Waals surface area contributed by atoms with Gasteiger partial charge in [0.05, 0.1) is 15.6 Å². The van der Waals surface area contributed by atoms with Crippen molar-refractivity contribution in [1.29, 1.82) is 0 Å². The zero-order valence-corrected chi connectivity index (χ0v) is 9.37. The quantitative estimate of drug-likeness (QED) is 0.758. The summed E-state index contributed by atoms with van der Waals surface area (Å²) >= 11 is 11.2. The fourth-order valence-electron chi connectivity index (χ4n) is 1.07. The lowest BCUT2D eigenvalue weighted by molar-refractivity contribution is -0.274. The predicted octanol–water partition coefficient (Wildman–Crippen LogP) is 4.09. The van der Waals surface area contributed by atoms with Crippen molar-refractivity contribution in [2.45, 2.75) is 13.3 Å². The maximum atomic E-state index is 12.0. The highest BCUT2D eigenvalue weighted by Crippen LogP contribution is 2.35. The second-order valence-electron chi connectivity index (χ2n) is 2.84. The molecule has 1 aromatic rings. The highest BCUT2D eigenvalue weighted by Gasteiger charge is 2.33. The van der Waals surface area contributed by atoms with E-state index in [0.29, 0.717) is 0 Å². The second kappa shape index (κ2) is 4.51. The average molecular weight is 273 g/mol. The molecule has 0 radical (unpaired) electrons. The first-order chi connectivity index (χ1) is 7.22. The Morgan fingerprint density at radius 2 is 1.88 bits per heavy atom. The summed E-state index contributed by atoms with van der Waals surface area (Å²) in [4.78, 5) is 11.1. The molecule has 0 fully saturated rings. The molecule has 0 spiro atoms. The van der Waals surface area contributed by atoms with Gasteiger partial charge in [0.2, 0.25) is 0 Å². The molecule has 0 saturated carbocycles. The summed E-state index contributed by atoms with van der Waals surface area (Å²) in [6, 6.07) is 2.07. The van der Waals surface area contributed by atoms with Gasteiger partial charge in [-0.15, -0.1) is 13.2 Å². The van der Waals surface area contributed by atoms with Crippen LogP contribution in [0.2, 0.25) is 10.0 Å². The third kappa shape index (κ3) is 3.02. The van der Waals surface area contributed by atoms with E-state index >= 15 is 0 Å². The molecule has 0 aliphatic heterocycles. The van der Waals surface area contributed by atoms with Crippen LogP contribution in [0.25, 0.3) is 0 Å². The highest BCUT2D eigenvalue weighted by atomic mass is 35.5. The number of benzene rings is 1. The number of alkyl halides is 3. The smallest absolute Gasteiger partial charge is 0.405 e. The van der Waals surface area contributed by atoms with Crippen molar-refractivity contribution in [3.8, 4) is 5.75 Å². The first-order valence-corrected chi connectivity index (χ1v) is 4.72. The molecule has 2 nitrogen and oxygen atoms in total. The molecule has 0 bridgehead atoms. The van der Waals surface area contributed by atoms with Crippen molar-refractivity contribution >= 4 is 29.0 Å². The van der Waals surface area contributed by atoms with Gasteiger partial charge in [-0.25, -0.2) is 0 Å². The van der Waals surface area contributed by atoms with Gasteiger partial charge in [-0.1, -0.05) is 23.2 Å². The van der Waals surface area contributed by atoms with Crippen molar-refractivity contribution in [3.63, 3.8) is 0 Å². The van der Waals surface area contributed by atoms with Crippen LogP contribution in [0.1, 0.15) is 17.3 Å². The molecule has 1 aromatic carbocycles. The van der Waals surface area contributed by atoms with Gasteiger partial charge in [-0.3, -0.25) is 4.79 Å². The molecule has 0 aliphatic rings. The van der Waals surface area contributed by atoms with Crippen molar-refractivity contribution in [2.24, 2.45) is 0 Å². The van der Waals surface area contributed by atoms with E-state index in [2.05, 4.69) is 4.74 Å². The van der Waals surface area contributed by atoms with E-state index in [1.807, 2.05) is 0 Å². The molecule has 0 aliphatic carbocycles. The summed E-state index contributed by atoms with van der Waals surface area (Å²) < 4.78 is 39.7. The molecule has 0 atom stereocenters. The zero-order chi connectivity index (χ0) is 12.5. The lowest BCUT2D eigenvalue weighted by Gasteiger charge is -2.13. The summed E-state index contributed by atoms with van der Waals surface area (Å²) in [5.74, 6) is -1.32. The Morgan fingerprint density at radius 1 is 1.31 bits per heavy atom. The Morgan fingerprint density at radius 3 is 2.31 bits per heavy atom. The van der Waals surface area contributed by atoms with Gasteiger partial charge in [0.1, 0.15) is 5.75 Å². The molecule has 1 rings (SSSR count). The number of ketones is 1. The van der Waals surface area contributed by atoms with E-state index < -0.39 is 17.9 Å². The molecule has 16 heavy (non-hydrogen) atoms. The number of carbonyl (C=O) groups excluding carboxylic acids is 1. The molecular formula is C9H5Cl2F3O2. The van der Waals surface area contributed by atoms with Gasteiger partial charge in [0.15, 0.2) is 5.78 Å². The van der Waals surface area contributed by atoms with Gasteiger partial charge in [-0.2, -0.15) is 0 Å². The Hall–Kier alpha value is -0.940. The Bertz CT molecular complexity index is 429. The van der Waals surface area contributed by atoms with Crippen LogP contribution < -0.4 is 4.74 Å². The summed E-state index contributed by atoms with van der Waals surface area (Å²) in [6.07, 6.45) is -4.89. The standard InChI is InChI=1S/C9H5Cl2F3O2/c1-4(15)7-6(16-9(12,13)14)3-2-5(10)8(7)11/h2-3H,1H3. The minimum atomic E-state index is -4.89. The van der Waals surface area contributed by atoms with E-state index in [1.165, 1.54) is 0 Å². The average Bonchev–Trinajstić information content (AvgIpc) is 2.08. The largest absolute Gasteiger partial charge is 0.573 e. The highest BCUT2D eigenvalue weighted by molar-refractivity contribution is 6.44. The zero-order valence-electron chi connectivity index (χ0n) is 7.86. The van der Waals surface area contributed by atoms with Crippen LogP contribution in [0.3, 0.4) is 0 Å². The lowest BCUT2D eigenvalue weighted by Crippen LogP contribution is -2.19. The van der Waals surface area contributed by atoms with E-state index in [-0.39, 0.29) is 15.6 Å². The topological polar surface area (TPSA) is 26.3 Å². The van der Waals surface area contributed by atoms with Gasteiger partial charge in [-0.05, 0) is 19.1 Å². The number of hydrogen-bond acceptors (Lipinski definition) is 2. The molecule has 0 unspecified atom stereocenters. The van der Waals surface area contributed by atoms with Crippen LogP contribution in [0.15, 0.2) is 12.1 Å². The maximum absolute atomic E-state index is 12.0. The first-order valence-electron chi connectivity index (χ1n) is 3.97. The fraction of sp³-hybridized carbons (Fsp3) is 0.222. The summed E-state index contributed by atoms with van der Waals surface area (Å²) in [7, 11) is 0. The number of rotatable bonds is 2. The van der Waals surface area contributed by atoms with Crippen molar-refractivity contribution in [2.75, 3.05) is 0 Å². The Labute approximate surface area is 98.9 Å². The maximum Gasteiger partial charge on any atom is 0.573 e. The summed E-state index contributed by atoms with van der Waals surface area (Å²) in [5.41, 5.74) is -0.383. The summed E-state index contributed by atoms with van der Waals surface area (Å²) in [5, 5.41) is -0.266. The van der Waals surface area contributed by atoms with Gasteiger partial charge < -0.3 is 4.74 Å². The number of carbonyl (C=O) groups is 1. The van der Waals surface area contributed by atoms with E-state index in [1.54, 1.807) is 0 Å². The summed E-state index contributed by atoms with van der Waals surface area (Å²) in [6.45, 7) is 1.07. The van der Waals surface area contributed by atoms with E-state index in [0.717, 1.165) is 19.1 Å². The van der Waals surface area contributed by atoms with E-state index in [4.69, 9.17) is 23.2 Å². The third-order valence-corrected chi connectivity index (χ3v) is 2.44. The van der Waals surface area contributed by atoms with Crippen LogP contribution in [0.4, 0.5) is 13.2 Å². The number of halogens is 5. The number of ether oxygens (including phenoxy) is 1. The van der Waals surface area contributed by atoms with Gasteiger partial charge >= 0.3 is 6.36 Å². The van der Waals surface area contributed by atoms with Crippen LogP contribution >= 0.6 is 23.2 Å². The molecule has 0 aromatic heterocycles. The first kappa shape index (κ1) is 13.1. The molecule has 88 valence electrons. The molecular weight excluding hydrogens is 268 g/mol. The van der Waals surface area contributed by atoms with Gasteiger partial charge in [0, 0.05) is 0 Å². The third-order valence-electron chi connectivity index (χ3n) is 1.63. The minimum Gasteiger partial charge on any atom is -0.405 e. The molecule has 0 saturated heterocycles. The lowest BCUT2D eigenvalue weighted by atomic mass is 10.1. The van der Waals surface area contributed by atoms with Crippen LogP contribution in [-0.2, 0) is 0 Å². The molecule has 0 N–H and O–H groups in total. The number of Topliss-reactive ketones (excluding diaryl/α,β-unsaturated/α-hetero) is 1. The van der Waals surface area contributed by atoms with E-state index in [9.17, 15) is 18.0 Å². The van der Waals surface area contributed by atoms with Crippen molar-refractivity contribution < 1.29 is 22.7 Å². The minimum absolute atomic E-state index is 0.0126. The molecule has 7 heteroatoms. The van der Waals surface area contributed by atoms with Gasteiger partial charge in [0.25, 0.3) is 0 Å². The van der Waals surface area contributed by atoms with Crippen LogP contribution in [0, 0.1) is 0 Å². The Kier molecular flexibility index (Phi) is 3.70. The van der Waals surface area contributed by atoms with Crippen molar-refractivity contribution in [1.82, 2.24) is 0 Å². The Balaban J connectivity index is 3.29. The SMILES string of the molecule is CC(=O)c1c(OC(F)(F)F)ccc(Cl)c1Cl. The predicted molar refractivity (Wildman–Crippen MR) is 53.1 cm³/mol. The molecule has 0 heterocycles. The molecule has 0 amide bonds. The van der Waals surface area contributed by atoms with Crippen LogP contribution in [-0.4, -0.2) is 12.1 Å². The van der Waals surface area contributed by atoms with Crippen molar-refractivity contribution in [3.05, 3.63) is 27.7 Å². The second-order valence-corrected chi connectivity index (χ2v) is 3.62.